The fraction of sp³-hybridized carbons (Fsp3) is 0.348. The van der Waals surface area contributed by atoms with E-state index in [9.17, 15) is 13.9 Å². The molecule has 7 nitrogen and oxygen atoms in total. The van der Waals surface area contributed by atoms with Crippen molar-refractivity contribution >= 4 is 28.7 Å². The number of nitrogens with one attached hydrogen (secondary N) is 2. The highest BCUT2D eigenvalue weighted by molar-refractivity contribution is 5.77. The number of halogens is 2. The molecule has 2 aliphatic carbocycles. The van der Waals surface area contributed by atoms with E-state index in [0.29, 0.717) is 54.2 Å². The number of allylic oxidation sites excluding steroid dienone is 3. The van der Waals surface area contributed by atoms with Crippen LogP contribution in [0.2, 0.25) is 0 Å². The van der Waals surface area contributed by atoms with Gasteiger partial charge in [0.1, 0.15) is 17.2 Å². The van der Waals surface area contributed by atoms with E-state index < -0.39 is 0 Å². The van der Waals surface area contributed by atoms with Gasteiger partial charge < -0.3 is 15.7 Å². The van der Waals surface area contributed by atoms with E-state index in [1.807, 2.05) is 10.6 Å². The second-order valence-electron chi connectivity index (χ2n) is 8.16. The highest BCUT2D eigenvalue weighted by Gasteiger charge is 2.26. The summed E-state index contributed by atoms with van der Waals surface area (Å²) in [6.07, 6.45) is 8.70. The van der Waals surface area contributed by atoms with Gasteiger partial charge in [-0.1, -0.05) is 18.2 Å². The van der Waals surface area contributed by atoms with Gasteiger partial charge in [-0.15, -0.1) is 0 Å². The van der Waals surface area contributed by atoms with Crippen molar-refractivity contribution in [1.82, 2.24) is 19.5 Å². The van der Waals surface area contributed by atoms with E-state index in [2.05, 4.69) is 25.6 Å². The summed E-state index contributed by atoms with van der Waals surface area (Å²) in [6.45, 7) is 0. The number of aromatic nitrogens is 4. The molecule has 0 bridgehead atoms. The number of anilines is 3. The molecular weight excluding hydrogens is 414 g/mol. The zero-order valence-corrected chi connectivity index (χ0v) is 17.4. The average molecular weight is 438 g/mol. The van der Waals surface area contributed by atoms with Crippen LogP contribution in [0.4, 0.5) is 26.4 Å². The number of benzene rings is 1. The number of aliphatic hydroxyl groups excluding tert-OH is 1. The number of aliphatic hydroxyl groups is 1. The van der Waals surface area contributed by atoms with Gasteiger partial charge in [0.15, 0.2) is 5.65 Å². The first kappa shape index (κ1) is 20.6. The maximum absolute atomic E-state index is 14.3. The fourth-order valence-corrected chi connectivity index (χ4v) is 4.25. The van der Waals surface area contributed by atoms with Crippen molar-refractivity contribution in [2.24, 2.45) is 0 Å². The summed E-state index contributed by atoms with van der Waals surface area (Å²) >= 11 is 0. The minimum Gasteiger partial charge on any atom is -0.393 e. The quantitative estimate of drug-likeness (QED) is 0.512. The number of nitrogens with zero attached hydrogens (tertiary/aromatic N) is 4. The smallest absolute Gasteiger partial charge is 0.229 e. The molecule has 0 amide bonds. The van der Waals surface area contributed by atoms with Gasteiger partial charge in [-0.05, 0) is 50.3 Å². The lowest BCUT2D eigenvalue weighted by Crippen LogP contribution is -2.22. The summed E-state index contributed by atoms with van der Waals surface area (Å²) in [4.78, 5) is 13.5. The van der Waals surface area contributed by atoms with Gasteiger partial charge in [-0.2, -0.15) is 4.98 Å². The Kier molecular flexibility index (Phi) is 5.57. The Hall–Kier alpha value is -3.33. The summed E-state index contributed by atoms with van der Waals surface area (Å²) in [6, 6.07) is 6.44. The Morgan fingerprint density at radius 2 is 1.84 bits per heavy atom. The van der Waals surface area contributed by atoms with Gasteiger partial charge in [0, 0.05) is 12.5 Å². The SMILES string of the molecule is O[C@H]1CC[C@H](n2c(Nc3ccccc3F)nc3cnc(NC4=C(F)CCC=C4)nc32)CC1. The maximum Gasteiger partial charge on any atom is 0.229 e. The molecule has 3 N–H and O–H groups in total. The molecule has 9 heteroatoms. The largest absolute Gasteiger partial charge is 0.393 e. The van der Waals surface area contributed by atoms with Crippen LogP contribution in [0.1, 0.15) is 44.6 Å². The molecule has 5 rings (SSSR count). The summed E-state index contributed by atoms with van der Waals surface area (Å²) in [7, 11) is 0. The predicted octanol–water partition coefficient (Wildman–Crippen LogP) is 5.13. The molecule has 1 aromatic carbocycles. The molecule has 0 saturated heterocycles. The molecule has 2 aromatic heterocycles. The van der Waals surface area contributed by atoms with Crippen LogP contribution in [0.5, 0.6) is 0 Å². The predicted molar refractivity (Wildman–Crippen MR) is 119 cm³/mol. The van der Waals surface area contributed by atoms with E-state index in [4.69, 9.17) is 0 Å². The number of rotatable bonds is 5. The van der Waals surface area contributed by atoms with E-state index in [0.717, 1.165) is 12.8 Å². The van der Waals surface area contributed by atoms with E-state index >= 15 is 0 Å². The lowest BCUT2D eigenvalue weighted by Gasteiger charge is -2.28. The van der Waals surface area contributed by atoms with Crippen LogP contribution in [0.3, 0.4) is 0 Å². The average Bonchev–Trinajstić information content (AvgIpc) is 3.15. The minimum atomic E-state index is -0.384. The molecule has 0 radical (unpaired) electrons. The zero-order chi connectivity index (χ0) is 22.1. The molecule has 1 saturated carbocycles. The van der Waals surface area contributed by atoms with Gasteiger partial charge in [-0.25, -0.2) is 18.7 Å². The third-order valence-corrected chi connectivity index (χ3v) is 5.94. The third kappa shape index (κ3) is 4.08. The van der Waals surface area contributed by atoms with Crippen LogP contribution in [0, 0.1) is 5.82 Å². The van der Waals surface area contributed by atoms with Crippen molar-refractivity contribution in [3.8, 4) is 0 Å². The molecule has 1 fully saturated rings. The molecule has 0 spiro atoms. The summed E-state index contributed by atoms with van der Waals surface area (Å²) < 4.78 is 30.4. The second kappa shape index (κ2) is 8.66. The van der Waals surface area contributed by atoms with E-state index in [1.165, 1.54) is 6.07 Å². The van der Waals surface area contributed by atoms with Crippen LogP contribution in [0.15, 0.2) is 54.1 Å². The molecule has 0 aliphatic heterocycles. The van der Waals surface area contributed by atoms with Crippen LogP contribution in [-0.4, -0.2) is 30.7 Å². The molecule has 32 heavy (non-hydrogen) atoms. The monoisotopic (exact) mass is 438 g/mol. The van der Waals surface area contributed by atoms with Gasteiger partial charge in [0.05, 0.1) is 23.7 Å². The zero-order valence-electron chi connectivity index (χ0n) is 17.4. The Morgan fingerprint density at radius 3 is 2.62 bits per heavy atom. The molecule has 0 unspecified atom stereocenters. The number of para-hydroxylation sites is 1. The normalized spacial score (nSPS) is 21.2. The van der Waals surface area contributed by atoms with Crippen molar-refractivity contribution in [2.75, 3.05) is 10.6 Å². The van der Waals surface area contributed by atoms with Crippen LogP contribution < -0.4 is 10.6 Å². The van der Waals surface area contributed by atoms with E-state index in [-0.39, 0.29) is 29.7 Å². The third-order valence-electron chi connectivity index (χ3n) is 5.94. The Labute approximate surface area is 183 Å². The molecule has 166 valence electrons. The Bertz CT molecular complexity index is 1200. The first-order valence-electron chi connectivity index (χ1n) is 10.9. The fourth-order valence-electron chi connectivity index (χ4n) is 4.25. The van der Waals surface area contributed by atoms with Crippen LogP contribution >= 0.6 is 0 Å². The molecule has 2 aliphatic rings. The first-order chi connectivity index (χ1) is 15.6. The van der Waals surface area contributed by atoms with Crippen molar-refractivity contribution < 1.29 is 13.9 Å². The summed E-state index contributed by atoms with van der Waals surface area (Å²) in [5.41, 5.74) is 1.79. The number of hydrogen-bond acceptors (Lipinski definition) is 6. The molecule has 2 heterocycles. The topological polar surface area (TPSA) is 87.9 Å². The van der Waals surface area contributed by atoms with Crippen LogP contribution in [0.25, 0.3) is 11.2 Å². The number of fused-ring (bicyclic) bond motifs is 1. The van der Waals surface area contributed by atoms with Crippen molar-refractivity contribution in [3.63, 3.8) is 0 Å². The lowest BCUT2D eigenvalue weighted by molar-refractivity contribution is 0.112. The number of imidazole rings is 1. The molecule has 0 atom stereocenters. The Morgan fingerprint density at radius 1 is 1.03 bits per heavy atom. The van der Waals surface area contributed by atoms with Gasteiger partial charge >= 0.3 is 0 Å². The number of hydrogen-bond donors (Lipinski definition) is 3. The van der Waals surface area contributed by atoms with E-state index in [1.54, 1.807) is 30.5 Å². The minimum absolute atomic E-state index is 0.0333. The lowest BCUT2D eigenvalue weighted by atomic mass is 9.93. The second-order valence-corrected chi connectivity index (χ2v) is 8.16. The summed E-state index contributed by atoms with van der Waals surface area (Å²) in [5, 5.41) is 16.0. The molecule has 3 aromatic rings. The van der Waals surface area contributed by atoms with Gasteiger partial charge in [-0.3, -0.25) is 4.57 Å². The standard InChI is InChI=1S/C23H24F2N6O/c24-16-5-1-3-7-18(16)27-22-26-13-20-21(30-22)31(14-9-11-15(32)12-10-14)23(29-20)28-19-8-4-2-6-17(19)25/h2-4,6-8,13-15,32H,1,5,9-12H2,(H,28,29)(H,26,27,30)/t14-,15-. The van der Waals surface area contributed by atoms with Gasteiger partial charge in [0.25, 0.3) is 0 Å². The van der Waals surface area contributed by atoms with Crippen molar-refractivity contribution in [1.29, 1.82) is 0 Å². The van der Waals surface area contributed by atoms with Gasteiger partial charge in [0.2, 0.25) is 11.9 Å². The van der Waals surface area contributed by atoms with Crippen molar-refractivity contribution in [2.45, 2.75) is 50.7 Å². The highest BCUT2D eigenvalue weighted by Crippen LogP contribution is 2.35. The van der Waals surface area contributed by atoms with Crippen LogP contribution in [-0.2, 0) is 0 Å². The maximum atomic E-state index is 14.3. The van der Waals surface area contributed by atoms with Crippen molar-refractivity contribution in [3.05, 3.63) is 60.0 Å². The highest BCUT2D eigenvalue weighted by atomic mass is 19.1. The first-order valence-corrected chi connectivity index (χ1v) is 10.9. The Balaban J connectivity index is 1.55. The molecular formula is C23H24F2N6O. The summed E-state index contributed by atoms with van der Waals surface area (Å²) in [5.74, 6) is 0.113.